The van der Waals surface area contributed by atoms with Gasteiger partial charge in [-0.2, -0.15) is 0 Å². The quantitative estimate of drug-likeness (QED) is 0.606. The lowest BCUT2D eigenvalue weighted by molar-refractivity contribution is -0.162. The molecule has 3 N–H and O–H groups in total. The number of hydrogen-bond acceptors (Lipinski definition) is 5. The summed E-state index contributed by atoms with van der Waals surface area (Å²) in [6.07, 6.45) is 5.17. The van der Waals surface area contributed by atoms with E-state index in [0.29, 0.717) is 0 Å². The van der Waals surface area contributed by atoms with Crippen LogP contribution in [-0.2, 0) is 14.4 Å². The largest absolute Gasteiger partial charge is 0.478 e. The van der Waals surface area contributed by atoms with Crippen LogP contribution in [0.5, 0.6) is 0 Å². The van der Waals surface area contributed by atoms with Crippen LogP contribution in [0.3, 0.4) is 0 Å². The fourth-order valence-corrected chi connectivity index (χ4v) is 1.77. The molecule has 0 aromatic rings. The normalized spacial score (nSPS) is 30.2. The summed E-state index contributed by atoms with van der Waals surface area (Å²) >= 11 is 0. The molecule has 0 aromatic carbocycles. The predicted molar refractivity (Wildman–Crippen MR) is 65.3 cm³/mol. The Morgan fingerprint density at radius 2 is 1.63 bits per heavy atom. The number of carboxylic acids is 1. The van der Waals surface area contributed by atoms with Crippen LogP contribution in [-0.4, -0.2) is 44.1 Å². The van der Waals surface area contributed by atoms with Crippen molar-refractivity contribution in [3.63, 3.8) is 0 Å². The Hall–Kier alpha value is -2.05. The van der Waals surface area contributed by atoms with Crippen molar-refractivity contribution in [2.75, 3.05) is 0 Å². The molecule has 6 heteroatoms. The molecule has 0 saturated carbocycles. The molecule has 0 bridgehead atoms. The number of rotatable bonds is 4. The maximum absolute atomic E-state index is 11.5. The highest BCUT2D eigenvalue weighted by Crippen LogP contribution is 2.33. The average Bonchev–Trinajstić information content (AvgIpc) is 2.30. The van der Waals surface area contributed by atoms with Crippen LogP contribution in [0.4, 0.5) is 0 Å². The summed E-state index contributed by atoms with van der Waals surface area (Å²) < 4.78 is 0. The molecule has 1 rings (SSSR count). The van der Waals surface area contributed by atoms with Gasteiger partial charge in [-0.1, -0.05) is 6.08 Å². The van der Waals surface area contributed by atoms with Crippen molar-refractivity contribution in [2.24, 2.45) is 0 Å². The number of carbonyl (C=O) groups is 3. The fourth-order valence-electron chi connectivity index (χ4n) is 1.77. The van der Waals surface area contributed by atoms with E-state index in [0.717, 1.165) is 38.2 Å². The molecule has 0 amide bonds. The molecule has 0 radical (unpaired) electrons. The van der Waals surface area contributed by atoms with Crippen LogP contribution >= 0.6 is 0 Å². The fraction of sp³-hybridized carbons (Fsp3) is 0.308. The second kappa shape index (κ2) is 4.91. The maximum atomic E-state index is 11.5. The zero-order chi connectivity index (χ0) is 14.8. The Morgan fingerprint density at radius 3 is 2.05 bits per heavy atom. The molecule has 0 aliphatic heterocycles. The molecule has 2 atom stereocenters. The molecule has 0 heterocycles. The SMILES string of the molecule is CC(=O)C1(O)C=CC(/C=C/C(=O)O)=CC1(O)C(C)=O. The first-order valence-corrected chi connectivity index (χ1v) is 5.43. The summed E-state index contributed by atoms with van der Waals surface area (Å²) in [5.41, 5.74) is -4.56. The second-order valence-electron chi connectivity index (χ2n) is 4.29. The number of ketones is 2. The Labute approximate surface area is 109 Å². The van der Waals surface area contributed by atoms with Crippen molar-refractivity contribution in [1.29, 1.82) is 0 Å². The Morgan fingerprint density at radius 1 is 1.11 bits per heavy atom. The third-order valence-corrected chi connectivity index (χ3v) is 2.97. The van der Waals surface area contributed by atoms with Gasteiger partial charge in [-0.15, -0.1) is 0 Å². The summed E-state index contributed by atoms with van der Waals surface area (Å²) in [5.74, 6) is -2.82. The topological polar surface area (TPSA) is 112 Å². The van der Waals surface area contributed by atoms with Gasteiger partial charge in [-0.3, -0.25) is 9.59 Å². The molecule has 6 nitrogen and oxygen atoms in total. The van der Waals surface area contributed by atoms with Gasteiger partial charge in [0.1, 0.15) is 0 Å². The van der Waals surface area contributed by atoms with Crippen molar-refractivity contribution in [3.8, 4) is 0 Å². The highest BCUT2D eigenvalue weighted by atomic mass is 16.4. The number of aliphatic carboxylic acids is 1. The lowest BCUT2D eigenvalue weighted by Gasteiger charge is -2.38. The maximum Gasteiger partial charge on any atom is 0.328 e. The first-order valence-electron chi connectivity index (χ1n) is 5.43. The number of aliphatic hydroxyl groups is 2. The van der Waals surface area contributed by atoms with E-state index in [-0.39, 0.29) is 5.57 Å². The van der Waals surface area contributed by atoms with Crippen molar-refractivity contribution in [1.82, 2.24) is 0 Å². The van der Waals surface area contributed by atoms with Crippen LogP contribution in [0.15, 0.2) is 36.0 Å². The highest BCUT2D eigenvalue weighted by molar-refractivity contribution is 6.01. The molecule has 0 saturated heterocycles. The number of carbonyl (C=O) groups excluding carboxylic acids is 2. The summed E-state index contributed by atoms with van der Waals surface area (Å²) in [6, 6.07) is 0. The van der Waals surface area contributed by atoms with E-state index in [1.807, 2.05) is 0 Å². The number of hydrogen-bond donors (Lipinski definition) is 3. The van der Waals surface area contributed by atoms with Gasteiger partial charge >= 0.3 is 5.97 Å². The lowest BCUT2D eigenvalue weighted by Crippen LogP contribution is -2.61. The van der Waals surface area contributed by atoms with E-state index in [2.05, 4.69) is 0 Å². The van der Waals surface area contributed by atoms with Crippen LogP contribution in [0.1, 0.15) is 13.8 Å². The van der Waals surface area contributed by atoms with E-state index in [4.69, 9.17) is 5.11 Å². The van der Waals surface area contributed by atoms with E-state index in [1.165, 1.54) is 6.08 Å². The van der Waals surface area contributed by atoms with Crippen LogP contribution in [0.2, 0.25) is 0 Å². The molecule has 0 aromatic heterocycles. The van der Waals surface area contributed by atoms with Crippen molar-refractivity contribution >= 4 is 17.5 Å². The van der Waals surface area contributed by atoms with Gasteiger partial charge in [0.15, 0.2) is 22.8 Å². The lowest BCUT2D eigenvalue weighted by atomic mass is 9.73. The summed E-state index contributed by atoms with van der Waals surface area (Å²) in [6.45, 7) is 2.08. The average molecular weight is 266 g/mol. The zero-order valence-corrected chi connectivity index (χ0v) is 10.5. The second-order valence-corrected chi connectivity index (χ2v) is 4.29. The predicted octanol–water partition coefficient (Wildman–Crippen LogP) is -0.236. The minimum absolute atomic E-state index is 0.200. The molecule has 102 valence electrons. The van der Waals surface area contributed by atoms with E-state index >= 15 is 0 Å². The minimum atomic E-state index is -2.41. The standard InChI is InChI=1S/C13H14O6/c1-8(14)12(18)6-5-10(3-4-11(16)17)7-13(12,19)9(2)15/h3-7,18-19H,1-2H3,(H,16,17)/b4-3+. The summed E-state index contributed by atoms with van der Waals surface area (Å²) in [7, 11) is 0. The third-order valence-electron chi connectivity index (χ3n) is 2.97. The van der Waals surface area contributed by atoms with Gasteiger partial charge < -0.3 is 15.3 Å². The van der Waals surface area contributed by atoms with Gasteiger partial charge in [0.25, 0.3) is 0 Å². The Bertz CT molecular complexity index is 527. The molecular weight excluding hydrogens is 252 g/mol. The first kappa shape index (κ1) is 15.0. The van der Waals surface area contributed by atoms with Gasteiger partial charge in [-0.25, -0.2) is 4.79 Å². The smallest absolute Gasteiger partial charge is 0.328 e. The van der Waals surface area contributed by atoms with Crippen molar-refractivity contribution < 1.29 is 29.7 Å². The Kier molecular flexibility index (Phi) is 3.88. The van der Waals surface area contributed by atoms with Gasteiger partial charge in [0.2, 0.25) is 0 Å². The summed E-state index contributed by atoms with van der Waals surface area (Å²) in [4.78, 5) is 33.4. The van der Waals surface area contributed by atoms with E-state index < -0.39 is 28.7 Å². The van der Waals surface area contributed by atoms with E-state index in [9.17, 15) is 24.6 Å². The minimum Gasteiger partial charge on any atom is -0.478 e. The molecule has 0 spiro atoms. The number of Topliss-reactive ketones (excluding diaryl/α,β-unsaturated/α-hetero) is 2. The van der Waals surface area contributed by atoms with Gasteiger partial charge in [-0.05, 0) is 37.6 Å². The monoisotopic (exact) mass is 266 g/mol. The van der Waals surface area contributed by atoms with E-state index in [1.54, 1.807) is 0 Å². The zero-order valence-electron chi connectivity index (χ0n) is 10.5. The molecule has 1 aliphatic carbocycles. The highest BCUT2D eigenvalue weighted by Gasteiger charge is 2.54. The molecule has 1 aliphatic rings. The van der Waals surface area contributed by atoms with Crippen LogP contribution in [0, 0.1) is 0 Å². The number of allylic oxidation sites excluding steroid dienone is 3. The summed E-state index contributed by atoms with van der Waals surface area (Å²) in [5, 5.41) is 28.9. The molecule has 19 heavy (non-hydrogen) atoms. The third kappa shape index (κ3) is 2.54. The van der Waals surface area contributed by atoms with Crippen molar-refractivity contribution in [2.45, 2.75) is 25.0 Å². The van der Waals surface area contributed by atoms with Gasteiger partial charge in [0, 0.05) is 6.08 Å². The molecule has 0 fully saturated rings. The molecule has 2 unspecified atom stereocenters. The van der Waals surface area contributed by atoms with Gasteiger partial charge in [0.05, 0.1) is 0 Å². The van der Waals surface area contributed by atoms with Crippen LogP contribution in [0.25, 0.3) is 0 Å². The number of carboxylic acid groups (broad SMARTS) is 1. The Balaban J connectivity index is 3.32. The van der Waals surface area contributed by atoms with Crippen LogP contribution < -0.4 is 0 Å². The molecular formula is C13H14O6. The van der Waals surface area contributed by atoms with Crippen molar-refractivity contribution in [3.05, 3.63) is 36.0 Å². The first-order chi connectivity index (χ1) is 8.63.